The standard InChI is InChI=1S/C24H22FN3O4S/c1-3-27-23(18-8-7-16(14-26)12-21(18)33(2,31)32)22-19(9-10-20(22)29)28(24(27)30)17-6-4-5-15(11-17)13-25/h4-8,11-12,23H,3,9-10,13H2,1-2H3/t23-/m1/s1. The highest BCUT2D eigenvalue weighted by atomic mass is 32.2. The molecule has 0 unspecified atom stereocenters. The summed E-state index contributed by atoms with van der Waals surface area (Å²) < 4.78 is 38.5. The van der Waals surface area contributed by atoms with E-state index in [-0.39, 0.29) is 34.8 Å². The van der Waals surface area contributed by atoms with Crippen LogP contribution in [0.3, 0.4) is 0 Å². The number of anilines is 1. The van der Waals surface area contributed by atoms with Crippen LogP contribution in [0.5, 0.6) is 0 Å². The Hall–Kier alpha value is -3.51. The minimum atomic E-state index is -3.76. The fraction of sp³-hybridized carbons (Fsp3) is 0.292. The highest BCUT2D eigenvalue weighted by Crippen LogP contribution is 2.46. The molecule has 9 heteroatoms. The van der Waals surface area contributed by atoms with Gasteiger partial charge in [0.1, 0.15) is 6.67 Å². The van der Waals surface area contributed by atoms with Gasteiger partial charge in [0, 0.05) is 30.5 Å². The van der Waals surface area contributed by atoms with Crippen molar-refractivity contribution in [2.75, 3.05) is 17.7 Å². The van der Waals surface area contributed by atoms with Gasteiger partial charge in [0.05, 0.1) is 28.3 Å². The van der Waals surface area contributed by atoms with Crippen molar-refractivity contribution in [3.63, 3.8) is 0 Å². The molecule has 1 atom stereocenters. The molecule has 0 radical (unpaired) electrons. The van der Waals surface area contributed by atoms with Gasteiger partial charge in [-0.25, -0.2) is 17.6 Å². The van der Waals surface area contributed by atoms with E-state index in [0.29, 0.717) is 28.9 Å². The number of urea groups is 1. The maximum absolute atomic E-state index is 13.7. The van der Waals surface area contributed by atoms with E-state index in [1.54, 1.807) is 31.2 Å². The molecule has 2 amide bonds. The second kappa shape index (κ2) is 8.45. The van der Waals surface area contributed by atoms with Crippen LogP contribution in [0.15, 0.2) is 58.6 Å². The number of amides is 2. The van der Waals surface area contributed by atoms with Crippen LogP contribution in [0.2, 0.25) is 0 Å². The lowest BCUT2D eigenvalue weighted by molar-refractivity contribution is -0.115. The Morgan fingerprint density at radius 1 is 1.15 bits per heavy atom. The Morgan fingerprint density at radius 3 is 2.55 bits per heavy atom. The van der Waals surface area contributed by atoms with Gasteiger partial charge >= 0.3 is 6.03 Å². The Labute approximate surface area is 191 Å². The summed E-state index contributed by atoms with van der Waals surface area (Å²) in [5, 5.41) is 9.26. The number of alkyl halides is 1. The summed E-state index contributed by atoms with van der Waals surface area (Å²) in [4.78, 5) is 29.5. The highest BCUT2D eigenvalue weighted by Gasteiger charge is 2.46. The van der Waals surface area contributed by atoms with Crippen LogP contribution >= 0.6 is 0 Å². The number of nitriles is 1. The van der Waals surface area contributed by atoms with Crippen molar-refractivity contribution < 1.29 is 22.4 Å². The molecule has 2 aliphatic rings. The zero-order chi connectivity index (χ0) is 23.9. The van der Waals surface area contributed by atoms with E-state index < -0.39 is 28.6 Å². The minimum absolute atomic E-state index is 0.0859. The number of benzene rings is 2. The van der Waals surface area contributed by atoms with Crippen LogP contribution in [0.4, 0.5) is 14.9 Å². The first-order chi connectivity index (χ1) is 15.7. The van der Waals surface area contributed by atoms with Crippen molar-refractivity contribution >= 4 is 27.3 Å². The second-order valence-electron chi connectivity index (χ2n) is 8.03. The first-order valence-electron chi connectivity index (χ1n) is 10.5. The Kier molecular flexibility index (Phi) is 5.80. The number of allylic oxidation sites excluding steroid dienone is 1. The van der Waals surface area contributed by atoms with Gasteiger partial charge in [-0.05, 0) is 48.7 Å². The number of carbonyl (C=O) groups is 2. The molecule has 0 N–H and O–H groups in total. The molecule has 0 spiro atoms. The Bertz CT molecular complexity index is 1340. The summed E-state index contributed by atoms with van der Waals surface area (Å²) in [6.07, 6.45) is 1.54. The van der Waals surface area contributed by atoms with Crippen LogP contribution in [0, 0.1) is 11.3 Å². The molecular weight excluding hydrogens is 445 g/mol. The van der Waals surface area contributed by atoms with E-state index in [4.69, 9.17) is 0 Å². The maximum Gasteiger partial charge on any atom is 0.329 e. The van der Waals surface area contributed by atoms with E-state index in [0.717, 1.165) is 6.26 Å². The Balaban J connectivity index is 1.98. The number of ketones is 1. The minimum Gasteiger partial charge on any atom is -0.313 e. The second-order valence-corrected chi connectivity index (χ2v) is 10.0. The number of nitrogens with zero attached hydrogens (tertiary/aromatic N) is 3. The molecule has 0 saturated heterocycles. The molecule has 33 heavy (non-hydrogen) atoms. The summed E-state index contributed by atoms with van der Waals surface area (Å²) in [6.45, 7) is 1.26. The maximum atomic E-state index is 13.7. The van der Waals surface area contributed by atoms with Gasteiger partial charge in [0.2, 0.25) is 0 Å². The van der Waals surface area contributed by atoms with Crippen molar-refractivity contribution in [2.24, 2.45) is 0 Å². The fourth-order valence-electron chi connectivity index (χ4n) is 4.55. The van der Waals surface area contributed by atoms with E-state index in [1.165, 1.54) is 28.0 Å². The lowest BCUT2D eigenvalue weighted by Crippen LogP contribution is -2.50. The van der Waals surface area contributed by atoms with Gasteiger partial charge in [-0.2, -0.15) is 5.26 Å². The molecule has 1 aliphatic heterocycles. The lowest BCUT2D eigenvalue weighted by Gasteiger charge is -2.42. The molecule has 7 nitrogen and oxygen atoms in total. The zero-order valence-corrected chi connectivity index (χ0v) is 19.0. The van der Waals surface area contributed by atoms with Crippen molar-refractivity contribution in [3.8, 4) is 6.07 Å². The average Bonchev–Trinajstić information content (AvgIpc) is 3.18. The third kappa shape index (κ3) is 3.80. The first kappa shape index (κ1) is 22.7. The molecule has 4 rings (SSSR count). The van der Waals surface area contributed by atoms with E-state index >= 15 is 0 Å². The van der Waals surface area contributed by atoms with Gasteiger partial charge in [-0.1, -0.05) is 18.2 Å². The van der Waals surface area contributed by atoms with Crippen LogP contribution in [-0.2, 0) is 21.3 Å². The predicted molar refractivity (Wildman–Crippen MR) is 120 cm³/mol. The normalized spacial score (nSPS) is 18.5. The van der Waals surface area contributed by atoms with Gasteiger partial charge in [-0.3, -0.25) is 9.69 Å². The molecule has 0 saturated carbocycles. The van der Waals surface area contributed by atoms with Gasteiger partial charge < -0.3 is 4.90 Å². The van der Waals surface area contributed by atoms with E-state index in [2.05, 4.69) is 0 Å². The molecule has 1 heterocycles. The quantitative estimate of drug-likeness (QED) is 0.661. The third-order valence-electron chi connectivity index (χ3n) is 5.99. The summed E-state index contributed by atoms with van der Waals surface area (Å²) in [5.74, 6) is -0.170. The summed E-state index contributed by atoms with van der Waals surface area (Å²) in [5.41, 5.74) is 2.17. The van der Waals surface area contributed by atoms with Crippen LogP contribution in [-0.4, -0.2) is 37.9 Å². The number of Topliss-reactive ketones (excluding diaryl/α,β-unsaturated/α-hetero) is 1. The number of rotatable bonds is 5. The van der Waals surface area contributed by atoms with Gasteiger partial charge in [-0.15, -0.1) is 0 Å². The predicted octanol–water partition coefficient (Wildman–Crippen LogP) is 4.05. The number of hydrogen-bond donors (Lipinski definition) is 0. The fourth-order valence-corrected chi connectivity index (χ4v) is 5.50. The third-order valence-corrected chi connectivity index (χ3v) is 7.15. The molecule has 0 fully saturated rings. The molecule has 0 aromatic heterocycles. The molecule has 0 bridgehead atoms. The number of likely N-dealkylation sites (N-methyl/N-ethyl adjacent to an activating group) is 1. The van der Waals surface area contributed by atoms with Crippen LogP contribution in [0.1, 0.15) is 42.5 Å². The molecule has 1 aliphatic carbocycles. The van der Waals surface area contributed by atoms with Gasteiger partial charge in [0.15, 0.2) is 15.6 Å². The first-order valence-corrected chi connectivity index (χ1v) is 12.4. The highest BCUT2D eigenvalue weighted by molar-refractivity contribution is 7.90. The molecule has 2 aromatic carbocycles. The Morgan fingerprint density at radius 2 is 1.91 bits per heavy atom. The monoisotopic (exact) mass is 467 g/mol. The van der Waals surface area contributed by atoms with Crippen LogP contribution < -0.4 is 4.90 Å². The summed E-state index contributed by atoms with van der Waals surface area (Å²) >= 11 is 0. The van der Waals surface area contributed by atoms with Crippen molar-refractivity contribution in [3.05, 3.63) is 70.4 Å². The number of hydrogen-bond acceptors (Lipinski definition) is 5. The summed E-state index contributed by atoms with van der Waals surface area (Å²) in [6, 6.07) is 11.4. The van der Waals surface area contributed by atoms with Crippen molar-refractivity contribution in [1.29, 1.82) is 5.26 Å². The lowest BCUT2D eigenvalue weighted by atomic mass is 9.92. The SMILES string of the molecule is CCN1C(=O)N(c2cccc(CF)c2)C2=C(C(=O)CC2)[C@H]1c1ccc(C#N)cc1S(C)(=O)=O. The van der Waals surface area contributed by atoms with E-state index in [9.17, 15) is 27.7 Å². The molecular formula is C24H22FN3O4S. The van der Waals surface area contributed by atoms with Crippen LogP contribution in [0.25, 0.3) is 0 Å². The number of sulfone groups is 1. The molecule has 170 valence electrons. The summed E-state index contributed by atoms with van der Waals surface area (Å²) in [7, 11) is -3.76. The van der Waals surface area contributed by atoms with Gasteiger partial charge in [0.25, 0.3) is 0 Å². The van der Waals surface area contributed by atoms with Crippen molar-refractivity contribution in [2.45, 2.75) is 37.4 Å². The largest absolute Gasteiger partial charge is 0.329 e. The number of carbonyl (C=O) groups excluding carboxylic acids is 2. The van der Waals surface area contributed by atoms with Crippen molar-refractivity contribution in [1.82, 2.24) is 4.90 Å². The molecule has 2 aromatic rings. The average molecular weight is 468 g/mol. The zero-order valence-electron chi connectivity index (χ0n) is 18.2. The number of halogens is 1. The smallest absolute Gasteiger partial charge is 0.313 e. The van der Waals surface area contributed by atoms with E-state index in [1.807, 2.05) is 6.07 Å². The topological polar surface area (TPSA) is 98.5 Å².